The van der Waals surface area contributed by atoms with Crippen LogP contribution in [0.15, 0.2) is 35.1 Å². The lowest BCUT2D eigenvalue weighted by atomic mass is 9.63. The van der Waals surface area contributed by atoms with Crippen molar-refractivity contribution in [1.82, 2.24) is 20.0 Å². The average Bonchev–Trinajstić information content (AvgIpc) is 3.25. The van der Waals surface area contributed by atoms with Gasteiger partial charge in [0.15, 0.2) is 0 Å². The van der Waals surface area contributed by atoms with Crippen molar-refractivity contribution in [3.05, 3.63) is 58.7 Å². The molecule has 0 unspecified atom stereocenters. The minimum absolute atomic E-state index is 0.0724. The first-order valence-corrected chi connectivity index (χ1v) is 10.9. The molecule has 6 rings (SSSR count). The van der Waals surface area contributed by atoms with Crippen LogP contribution in [0, 0.1) is 19.3 Å². The Bertz CT molecular complexity index is 1190. The van der Waals surface area contributed by atoms with Crippen molar-refractivity contribution in [2.75, 3.05) is 13.2 Å². The lowest BCUT2D eigenvalue weighted by Gasteiger charge is -2.55. The summed E-state index contributed by atoms with van der Waals surface area (Å²) in [5, 5.41) is 4.19. The Labute approximate surface area is 185 Å². The highest BCUT2D eigenvalue weighted by Gasteiger charge is 2.53. The van der Waals surface area contributed by atoms with Gasteiger partial charge in [-0.05, 0) is 44.4 Å². The molecule has 32 heavy (non-hydrogen) atoms. The van der Waals surface area contributed by atoms with E-state index in [9.17, 15) is 4.79 Å². The summed E-state index contributed by atoms with van der Waals surface area (Å²) in [6.45, 7) is 6.36. The minimum Gasteiger partial charge on any atom is -0.473 e. The fourth-order valence-corrected chi connectivity index (χ4v) is 4.91. The number of ether oxygens (including phenoxy) is 2. The topological polar surface area (TPSA) is 90.6 Å². The standard InChI is InChI=1S/C24H24N4O4/c1-14-3-4-16(8-25-14)22-20(15(2)32-27-22)11-31-21-5-17-10-28(23(29)19(17)9-26-21)18-6-24(7-18)12-30-13-24/h3-5,8-9,18H,6-7,10-13H2,1-2H3. The van der Waals surface area contributed by atoms with E-state index in [1.165, 1.54) is 0 Å². The Hall–Kier alpha value is -3.26. The molecule has 1 spiro atoms. The van der Waals surface area contributed by atoms with Gasteiger partial charge in [0, 0.05) is 47.7 Å². The zero-order valence-corrected chi connectivity index (χ0v) is 18.1. The highest BCUT2D eigenvalue weighted by Crippen LogP contribution is 2.50. The van der Waals surface area contributed by atoms with Gasteiger partial charge in [-0.1, -0.05) is 5.16 Å². The maximum absolute atomic E-state index is 12.9. The van der Waals surface area contributed by atoms with Gasteiger partial charge in [-0.25, -0.2) is 4.98 Å². The molecule has 1 aliphatic carbocycles. The van der Waals surface area contributed by atoms with Gasteiger partial charge in [-0.2, -0.15) is 0 Å². The Morgan fingerprint density at radius 3 is 2.75 bits per heavy atom. The SMILES string of the molecule is Cc1ccc(-c2noc(C)c2COc2cc3c(cn2)C(=O)N(C2CC4(COC4)C2)C3)cn1. The number of hydrogen-bond donors (Lipinski definition) is 0. The van der Waals surface area contributed by atoms with Crippen LogP contribution < -0.4 is 4.74 Å². The summed E-state index contributed by atoms with van der Waals surface area (Å²) in [5.41, 5.74) is 5.37. The molecule has 2 aliphatic heterocycles. The van der Waals surface area contributed by atoms with E-state index in [0.717, 1.165) is 54.1 Å². The van der Waals surface area contributed by atoms with Crippen molar-refractivity contribution in [2.45, 2.75) is 45.9 Å². The van der Waals surface area contributed by atoms with E-state index in [0.29, 0.717) is 35.2 Å². The van der Waals surface area contributed by atoms with Crippen LogP contribution in [0.5, 0.6) is 5.88 Å². The molecule has 3 aliphatic rings. The van der Waals surface area contributed by atoms with Crippen LogP contribution in [0.4, 0.5) is 0 Å². The summed E-state index contributed by atoms with van der Waals surface area (Å²) in [6, 6.07) is 6.09. The normalized spacial score (nSPS) is 19.1. The molecule has 8 heteroatoms. The Balaban J connectivity index is 1.16. The number of nitrogens with zero attached hydrogens (tertiary/aromatic N) is 4. The third-order valence-corrected chi connectivity index (χ3v) is 6.92. The van der Waals surface area contributed by atoms with Crippen molar-refractivity contribution >= 4 is 5.91 Å². The summed E-state index contributed by atoms with van der Waals surface area (Å²) in [5.74, 6) is 1.26. The lowest BCUT2D eigenvalue weighted by Crippen LogP contribution is -2.59. The molecule has 3 aromatic rings. The van der Waals surface area contributed by atoms with E-state index in [2.05, 4.69) is 15.1 Å². The number of rotatable bonds is 5. The molecule has 1 saturated heterocycles. The molecule has 1 amide bonds. The highest BCUT2D eigenvalue weighted by molar-refractivity contribution is 5.98. The van der Waals surface area contributed by atoms with E-state index in [1.807, 2.05) is 36.9 Å². The summed E-state index contributed by atoms with van der Waals surface area (Å²) in [7, 11) is 0. The van der Waals surface area contributed by atoms with Gasteiger partial charge in [-0.3, -0.25) is 9.78 Å². The second-order valence-electron chi connectivity index (χ2n) is 9.21. The number of carbonyl (C=O) groups excluding carboxylic acids is 1. The van der Waals surface area contributed by atoms with E-state index in [4.69, 9.17) is 14.0 Å². The van der Waals surface area contributed by atoms with Crippen LogP contribution >= 0.6 is 0 Å². The van der Waals surface area contributed by atoms with Gasteiger partial charge in [0.2, 0.25) is 5.88 Å². The third kappa shape index (κ3) is 3.09. The van der Waals surface area contributed by atoms with E-state index in [1.54, 1.807) is 12.4 Å². The van der Waals surface area contributed by atoms with Gasteiger partial charge in [0.05, 0.1) is 24.3 Å². The number of fused-ring (bicyclic) bond motifs is 1. The van der Waals surface area contributed by atoms with Crippen molar-refractivity contribution in [3.8, 4) is 17.1 Å². The summed E-state index contributed by atoms with van der Waals surface area (Å²) < 4.78 is 16.8. The Kier molecular flexibility index (Phi) is 4.33. The largest absolute Gasteiger partial charge is 0.473 e. The molecular weight excluding hydrogens is 408 g/mol. The first kappa shape index (κ1) is 19.4. The molecule has 164 valence electrons. The maximum atomic E-state index is 12.9. The minimum atomic E-state index is 0.0724. The fraction of sp³-hybridized carbons (Fsp3) is 0.417. The number of aryl methyl sites for hydroxylation is 2. The predicted octanol–water partition coefficient (Wildman–Crippen LogP) is 3.46. The molecule has 0 radical (unpaired) electrons. The van der Waals surface area contributed by atoms with Gasteiger partial charge in [0.25, 0.3) is 5.91 Å². The third-order valence-electron chi connectivity index (χ3n) is 6.92. The summed E-state index contributed by atoms with van der Waals surface area (Å²) >= 11 is 0. The van der Waals surface area contributed by atoms with Crippen LogP contribution in [0.1, 0.15) is 45.8 Å². The first-order chi connectivity index (χ1) is 15.5. The number of hydrogen-bond acceptors (Lipinski definition) is 7. The highest BCUT2D eigenvalue weighted by atomic mass is 16.5. The molecule has 2 fully saturated rings. The van der Waals surface area contributed by atoms with Crippen LogP contribution in [-0.4, -0.2) is 45.2 Å². The average molecular weight is 432 g/mol. The van der Waals surface area contributed by atoms with E-state index < -0.39 is 0 Å². The smallest absolute Gasteiger partial charge is 0.256 e. The summed E-state index contributed by atoms with van der Waals surface area (Å²) in [6.07, 6.45) is 5.49. The predicted molar refractivity (Wildman–Crippen MR) is 114 cm³/mol. The molecule has 1 saturated carbocycles. The number of pyridine rings is 2. The van der Waals surface area contributed by atoms with Gasteiger partial charge in [-0.15, -0.1) is 0 Å². The van der Waals surface area contributed by atoms with Gasteiger partial charge < -0.3 is 18.9 Å². The first-order valence-electron chi connectivity index (χ1n) is 10.9. The van der Waals surface area contributed by atoms with E-state index in [-0.39, 0.29) is 12.5 Å². The van der Waals surface area contributed by atoms with Crippen molar-refractivity contribution in [3.63, 3.8) is 0 Å². The monoisotopic (exact) mass is 432 g/mol. The van der Waals surface area contributed by atoms with Gasteiger partial charge >= 0.3 is 0 Å². The van der Waals surface area contributed by atoms with Crippen LogP contribution in [0.2, 0.25) is 0 Å². The number of amides is 1. The Morgan fingerprint density at radius 2 is 2.03 bits per heavy atom. The fourth-order valence-electron chi connectivity index (χ4n) is 4.91. The number of carbonyl (C=O) groups is 1. The second-order valence-corrected chi connectivity index (χ2v) is 9.21. The molecule has 5 heterocycles. The van der Waals surface area contributed by atoms with Crippen LogP contribution in [0.25, 0.3) is 11.3 Å². The molecule has 0 bridgehead atoms. The molecule has 8 nitrogen and oxygen atoms in total. The molecule has 3 aromatic heterocycles. The molecule has 0 atom stereocenters. The Morgan fingerprint density at radius 1 is 1.19 bits per heavy atom. The molecular formula is C24H24N4O4. The van der Waals surface area contributed by atoms with Crippen LogP contribution in [-0.2, 0) is 17.9 Å². The zero-order valence-electron chi connectivity index (χ0n) is 18.1. The lowest BCUT2D eigenvalue weighted by molar-refractivity contribution is -0.179. The van der Waals surface area contributed by atoms with Crippen LogP contribution in [0.3, 0.4) is 0 Å². The maximum Gasteiger partial charge on any atom is 0.256 e. The number of aromatic nitrogens is 3. The van der Waals surface area contributed by atoms with E-state index >= 15 is 0 Å². The second kappa shape index (κ2) is 7.13. The summed E-state index contributed by atoms with van der Waals surface area (Å²) in [4.78, 5) is 23.6. The quantitative estimate of drug-likeness (QED) is 0.610. The van der Waals surface area contributed by atoms with Crippen molar-refractivity contribution in [2.24, 2.45) is 5.41 Å². The van der Waals surface area contributed by atoms with Crippen molar-refractivity contribution < 1.29 is 18.8 Å². The molecule has 0 aromatic carbocycles. The zero-order chi connectivity index (χ0) is 21.9. The van der Waals surface area contributed by atoms with Gasteiger partial charge in [0.1, 0.15) is 18.1 Å². The van der Waals surface area contributed by atoms with Crippen molar-refractivity contribution in [1.29, 1.82) is 0 Å². The molecule has 0 N–H and O–H groups in total.